The molecule has 0 amide bonds. The second-order valence-electron chi connectivity index (χ2n) is 2.51. The highest BCUT2D eigenvalue weighted by Crippen LogP contribution is 2.16. The van der Waals surface area contributed by atoms with Crippen molar-refractivity contribution in [1.82, 2.24) is 0 Å². The van der Waals surface area contributed by atoms with Crippen molar-refractivity contribution in [2.75, 3.05) is 6.54 Å². The summed E-state index contributed by atoms with van der Waals surface area (Å²) < 4.78 is 0.965. The zero-order valence-corrected chi connectivity index (χ0v) is 9.40. The van der Waals surface area contributed by atoms with Crippen molar-refractivity contribution in [3.63, 3.8) is 0 Å². The van der Waals surface area contributed by atoms with Gasteiger partial charge >= 0.3 is 0 Å². The van der Waals surface area contributed by atoms with Gasteiger partial charge in [-0.15, -0.1) is 12.4 Å². The van der Waals surface area contributed by atoms with E-state index < -0.39 is 0 Å². The average molecular weight is 265 g/mol. The Morgan fingerprint density at radius 2 is 2.00 bits per heavy atom. The third kappa shape index (κ3) is 3.89. The molecule has 0 fully saturated rings. The van der Waals surface area contributed by atoms with E-state index in [0.29, 0.717) is 6.42 Å². The number of ketones is 1. The minimum atomic E-state index is 0. The Labute approximate surface area is 92.0 Å². The van der Waals surface area contributed by atoms with E-state index >= 15 is 0 Å². The van der Waals surface area contributed by atoms with Gasteiger partial charge in [-0.05, 0) is 11.6 Å². The van der Waals surface area contributed by atoms with Gasteiger partial charge in [-0.2, -0.15) is 0 Å². The highest BCUT2D eigenvalue weighted by molar-refractivity contribution is 9.10. The SMILES string of the molecule is Cl.NCC(=O)Cc1ccccc1Br. The van der Waals surface area contributed by atoms with Crippen molar-refractivity contribution in [3.8, 4) is 0 Å². The Morgan fingerprint density at radius 3 is 2.54 bits per heavy atom. The van der Waals surface area contributed by atoms with Crippen LogP contribution >= 0.6 is 28.3 Å². The molecule has 72 valence electrons. The second kappa shape index (κ2) is 6.13. The molecule has 0 heterocycles. The molecule has 0 unspecified atom stereocenters. The fourth-order valence-corrected chi connectivity index (χ4v) is 1.35. The third-order valence-electron chi connectivity index (χ3n) is 1.57. The summed E-state index contributed by atoms with van der Waals surface area (Å²) in [5, 5.41) is 0. The summed E-state index contributed by atoms with van der Waals surface area (Å²) in [5.41, 5.74) is 6.20. The fraction of sp³-hybridized carbons (Fsp3) is 0.222. The van der Waals surface area contributed by atoms with Gasteiger partial charge in [0.15, 0.2) is 5.78 Å². The van der Waals surface area contributed by atoms with Crippen molar-refractivity contribution < 1.29 is 4.79 Å². The van der Waals surface area contributed by atoms with Crippen LogP contribution in [0.15, 0.2) is 28.7 Å². The van der Waals surface area contributed by atoms with Crippen LogP contribution in [0.2, 0.25) is 0 Å². The number of benzene rings is 1. The maximum atomic E-state index is 11.0. The fourth-order valence-electron chi connectivity index (χ4n) is 0.926. The van der Waals surface area contributed by atoms with Crippen molar-refractivity contribution in [2.45, 2.75) is 6.42 Å². The Morgan fingerprint density at radius 1 is 1.38 bits per heavy atom. The maximum Gasteiger partial charge on any atom is 0.150 e. The number of hydrogen-bond donors (Lipinski definition) is 1. The molecule has 2 N–H and O–H groups in total. The summed E-state index contributed by atoms with van der Waals surface area (Å²) >= 11 is 3.36. The van der Waals surface area contributed by atoms with Crippen LogP contribution in [0.25, 0.3) is 0 Å². The Balaban J connectivity index is 0.00000144. The lowest BCUT2D eigenvalue weighted by molar-refractivity contribution is -0.117. The average Bonchev–Trinajstić information content (AvgIpc) is 2.09. The summed E-state index contributed by atoms with van der Waals surface area (Å²) in [6.07, 6.45) is 0.415. The van der Waals surface area contributed by atoms with Gasteiger partial charge in [0.25, 0.3) is 0 Å². The molecule has 0 atom stereocenters. The summed E-state index contributed by atoms with van der Waals surface area (Å²) in [4.78, 5) is 11.0. The molecule has 0 aliphatic rings. The van der Waals surface area contributed by atoms with E-state index in [4.69, 9.17) is 5.73 Å². The first-order valence-corrected chi connectivity index (χ1v) is 4.48. The van der Waals surface area contributed by atoms with Crippen LogP contribution in [0, 0.1) is 0 Å². The topological polar surface area (TPSA) is 43.1 Å². The van der Waals surface area contributed by atoms with Crippen LogP contribution in [-0.2, 0) is 11.2 Å². The highest BCUT2D eigenvalue weighted by atomic mass is 79.9. The van der Waals surface area contributed by atoms with E-state index in [1.165, 1.54) is 0 Å². The summed E-state index contributed by atoms with van der Waals surface area (Å²) in [7, 11) is 0. The van der Waals surface area contributed by atoms with Crippen molar-refractivity contribution in [2.24, 2.45) is 5.73 Å². The summed E-state index contributed by atoms with van der Waals surface area (Å²) in [6.45, 7) is 0.112. The first-order chi connectivity index (χ1) is 5.74. The molecule has 1 aromatic rings. The molecule has 1 aromatic carbocycles. The van der Waals surface area contributed by atoms with Gasteiger partial charge in [-0.3, -0.25) is 4.79 Å². The van der Waals surface area contributed by atoms with Crippen molar-refractivity contribution in [1.29, 1.82) is 0 Å². The molecule has 13 heavy (non-hydrogen) atoms. The van der Waals surface area contributed by atoms with E-state index in [-0.39, 0.29) is 24.7 Å². The zero-order chi connectivity index (χ0) is 8.97. The van der Waals surface area contributed by atoms with Gasteiger partial charge in [0, 0.05) is 10.9 Å². The lowest BCUT2D eigenvalue weighted by atomic mass is 10.1. The molecular formula is C9H11BrClNO. The highest BCUT2D eigenvalue weighted by Gasteiger charge is 2.03. The second-order valence-corrected chi connectivity index (χ2v) is 3.37. The third-order valence-corrected chi connectivity index (χ3v) is 2.35. The van der Waals surface area contributed by atoms with E-state index in [2.05, 4.69) is 15.9 Å². The van der Waals surface area contributed by atoms with Crippen LogP contribution < -0.4 is 5.73 Å². The van der Waals surface area contributed by atoms with Crippen LogP contribution in [0.5, 0.6) is 0 Å². The van der Waals surface area contributed by atoms with E-state index in [1.54, 1.807) is 0 Å². The maximum absolute atomic E-state index is 11.0. The first-order valence-electron chi connectivity index (χ1n) is 3.69. The molecule has 2 nitrogen and oxygen atoms in total. The molecule has 0 bridgehead atoms. The lowest BCUT2D eigenvalue weighted by Crippen LogP contribution is -2.15. The largest absolute Gasteiger partial charge is 0.324 e. The number of halogens is 2. The van der Waals surface area contributed by atoms with Gasteiger partial charge in [0.05, 0.1) is 6.54 Å². The van der Waals surface area contributed by atoms with Gasteiger partial charge in [-0.1, -0.05) is 34.1 Å². The van der Waals surface area contributed by atoms with Gasteiger partial charge < -0.3 is 5.73 Å². The number of Topliss-reactive ketones (excluding diaryl/α,β-unsaturated/α-hetero) is 1. The summed E-state index contributed by atoms with van der Waals surface area (Å²) in [5.74, 6) is 0.0573. The number of carbonyl (C=O) groups is 1. The Kier molecular flexibility index (Phi) is 5.95. The van der Waals surface area contributed by atoms with Gasteiger partial charge in [0.1, 0.15) is 0 Å². The summed E-state index contributed by atoms with van der Waals surface area (Å²) in [6, 6.07) is 7.65. The molecule has 0 aliphatic carbocycles. The molecule has 1 rings (SSSR count). The first kappa shape index (κ1) is 12.6. The molecule has 0 aromatic heterocycles. The van der Waals surface area contributed by atoms with E-state index in [1.807, 2.05) is 24.3 Å². The van der Waals surface area contributed by atoms with Gasteiger partial charge in [0.2, 0.25) is 0 Å². The molecule has 0 saturated heterocycles. The zero-order valence-electron chi connectivity index (χ0n) is 7.00. The molecule has 0 radical (unpaired) electrons. The van der Waals surface area contributed by atoms with Crippen LogP contribution in [0.3, 0.4) is 0 Å². The molecule has 0 saturated carbocycles. The molecular weight excluding hydrogens is 253 g/mol. The molecule has 0 spiro atoms. The smallest absolute Gasteiger partial charge is 0.150 e. The minimum absolute atomic E-state index is 0. The predicted octanol–water partition coefficient (Wildman–Crippen LogP) is 1.94. The predicted molar refractivity (Wildman–Crippen MR) is 59.2 cm³/mol. The van der Waals surface area contributed by atoms with E-state index in [9.17, 15) is 4.79 Å². The monoisotopic (exact) mass is 263 g/mol. The van der Waals surface area contributed by atoms with Crippen molar-refractivity contribution >= 4 is 34.1 Å². The molecule has 4 heteroatoms. The molecule has 0 aliphatic heterocycles. The Hall–Kier alpha value is -0.380. The van der Waals surface area contributed by atoms with Crippen LogP contribution in [0.4, 0.5) is 0 Å². The Bertz CT molecular complexity index is 291. The quantitative estimate of drug-likeness (QED) is 0.907. The number of rotatable bonds is 3. The minimum Gasteiger partial charge on any atom is -0.324 e. The standard InChI is InChI=1S/C9H10BrNO.ClH/c10-9-4-2-1-3-7(9)5-8(12)6-11;/h1-4H,5-6,11H2;1H. The van der Waals surface area contributed by atoms with Crippen LogP contribution in [-0.4, -0.2) is 12.3 Å². The number of hydrogen-bond acceptors (Lipinski definition) is 2. The van der Waals surface area contributed by atoms with E-state index in [0.717, 1.165) is 10.0 Å². The van der Waals surface area contributed by atoms with Crippen LogP contribution in [0.1, 0.15) is 5.56 Å². The number of nitrogens with two attached hydrogens (primary N) is 1. The normalized spacial score (nSPS) is 9.08. The van der Waals surface area contributed by atoms with Crippen molar-refractivity contribution in [3.05, 3.63) is 34.3 Å². The number of carbonyl (C=O) groups excluding carboxylic acids is 1. The lowest BCUT2D eigenvalue weighted by Gasteiger charge is -2.00. The van der Waals surface area contributed by atoms with Gasteiger partial charge in [-0.25, -0.2) is 0 Å².